The van der Waals surface area contributed by atoms with Gasteiger partial charge in [-0.25, -0.2) is 0 Å². The minimum Gasteiger partial charge on any atom is -0.558 e. The Morgan fingerprint density at radius 1 is 1.31 bits per heavy atom. The molecule has 1 rings (SSSR count). The molecule has 1 aromatic carbocycles. The number of rotatable bonds is 3. The summed E-state index contributed by atoms with van der Waals surface area (Å²) in [6, 6.07) is 5.94. The van der Waals surface area contributed by atoms with Crippen LogP contribution < -0.4 is 0 Å². The lowest BCUT2D eigenvalue weighted by Crippen LogP contribution is -2.04. The monoisotopic (exact) mass is 193 g/mol. The van der Waals surface area contributed by atoms with Gasteiger partial charge in [0.1, 0.15) is 0 Å². The van der Waals surface area contributed by atoms with Crippen LogP contribution in [0.5, 0.6) is 0 Å². The molecule has 1 nitrogen and oxygen atoms in total. The van der Waals surface area contributed by atoms with E-state index in [1.165, 1.54) is 0 Å². The number of benzene rings is 1. The van der Waals surface area contributed by atoms with Gasteiger partial charge in [0.2, 0.25) is 0 Å². The van der Waals surface area contributed by atoms with Crippen molar-refractivity contribution in [3.8, 4) is 0 Å². The fourth-order valence-corrected chi connectivity index (χ4v) is 1.72. The zero-order valence-corrected chi connectivity index (χ0v) is 9.05. The third-order valence-corrected chi connectivity index (χ3v) is 2.36. The molecule has 0 saturated carbocycles. The molecule has 1 aromatic rings. The van der Waals surface area contributed by atoms with Crippen LogP contribution in [0.4, 0.5) is 0 Å². The van der Waals surface area contributed by atoms with E-state index in [0.29, 0.717) is 6.42 Å². The van der Waals surface area contributed by atoms with Crippen molar-refractivity contribution in [3.05, 3.63) is 34.9 Å². The Bertz CT molecular complexity index is 298. The van der Waals surface area contributed by atoms with Crippen molar-refractivity contribution in [2.75, 3.05) is 6.16 Å². The Kier molecular flexibility index (Phi) is 3.62. The molecule has 0 fully saturated rings. The molecule has 70 valence electrons. The van der Waals surface area contributed by atoms with E-state index in [9.17, 15) is 4.79 Å². The van der Waals surface area contributed by atoms with E-state index in [1.54, 1.807) is 0 Å². The van der Waals surface area contributed by atoms with Crippen LogP contribution in [0.15, 0.2) is 18.2 Å². The van der Waals surface area contributed by atoms with Crippen molar-refractivity contribution in [2.45, 2.75) is 20.3 Å². The summed E-state index contributed by atoms with van der Waals surface area (Å²) >= 11 is 0. The lowest BCUT2D eigenvalue weighted by molar-refractivity contribution is 0.0988. The van der Waals surface area contributed by atoms with Crippen molar-refractivity contribution >= 4 is 15.0 Å². The minimum absolute atomic E-state index is 0.227. The van der Waals surface area contributed by atoms with Gasteiger partial charge < -0.3 is 9.24 Å². The fraction of sp³-hybridized carbons (Fsp3) is 0.364. The van der Waals surface area contributed by atoms with Crippen molar-refractivity contribution in [2.24, 2.45) is 0 Å². The van der Waals surface area contributed by atoms with E-state index in [-0.39, 0.29) is 5.78 Å². The van der Waals surface area contributed by atoms with Crippen molar-refractivity contribution in [1.29, 1.82) is 0 Å². The molecule has 0 aliphatic heterocycles. The molecule has 0 bridgehead atoms. The fourth-order valence-electron chi connectivity index (χ4n) is 1.49. The smallest absolute Gasteiger partial charge is 0.161 e. The molecule has 13 heavy (non-hydrogen) atoms. The third-order valence-electron chi connectivity index (χ3n) is 2.11. The van der Waals surface area contributed by atoms with Gasteiger partial charge in [0.05, 0.1) is 0 Å². The molecule has 0 saturated heterocycles. The van der Waals surface area contributed by atoms with E-state index in [4.69, 9.17) is 0 Å². The summed E-state index contributed by atoms with van der Waals surface area (Å²) in [7, 11) is 3.32. The topological polar surface area (TPSA) is 17.1 Å². The summed E-state index contributed by atoms with van der Waals surface area (Å²) in [5.74, 6) is 0.227. The lowest BCUT2D eigenvalue weighted by atomic mass is 9.98. The Morgan fingerprint density at radius 2 is 1.85 bits per heavy atom. The normalized spacial score (nSPS) is 10.1. The summed E-state index contributed by atoms with van der Waals surface area (Å²) in [4.78, 5) is 11.7. The average Bonchev–Trinajstić information content (AvgIpc) is 2.04. The first kappa shape index (κ1) is 10.4. The molecule has 0 aliphatic carbocycles. The van der Waals surface area contributed by atoms with Gasteiger partial charge in [0, 0.05) is 5.56 Å². The van der Waals surface area contributed by atoms with Gasteiger partial charge in [-0.2, -0.15) is 6.16 Å². The molecular formula is C11H14OP-. The van der Waals surface area contributed by atoms with E-state index in [1.807, 2.05) is 32.0 Å². The second-order valence-corrected chi connectivity index (χ2v) is 3.69. The number of hydrogen-bond donors (Lipinski definition) is 0. The second-order valence-electron chi connectivity index (χ2n) is 3.19. The van der Waals surface area contributed by atoms with E-state index < -0.39 is 0 Å². The van der Waals surface area contributed by atoms with Crippen LogP contribution in [0.1, 0.15) is 27.9 Å². The number of Topliss-reactive ketones (excluding diaryl/α,β-unsaturated/α-hetero) is 1. The molecule has 0 aromatic heterocycles. The summed E-state index contributed by atoms with van der Waals surface area (Å²) in [5.41, 5.74) is 3.04. The maximum atomic E-state index is 11.7. The van der Waals surface area contributed by atoms with Crippen LogP contribution in [0, 0.1) is 13.8 Å². The first-order valence-electron chi connectivity index (χ1n) is 4.41. The molecule has 0 spiro atoms. The molecule has 0 amide bonds. The molecular weight excluding hydrogens is 179 g/mol. The molecule has 0 heterocycles. The van der Waals surface area contributed by atoms with Gasteiger partial charge in [-0.3, -0.25) is 4.79 Å². The zero-order valence-electron chi connectivity index (χ0n) is 8.05. The maximum absolute atomic E-state index is 11.7. The summed E-state index contributed by atoms with van der Waals surface area (Å²) < 4.78 is 0. The number of carbonyl (C=O) groups excluding carboxylic acids is 1. The Labute approximate surface area is 81.7 Å². The first-order chi connectivity index (χ1) is 6.16. The summed E-state index contributed by atoms with van der Waals surface area (Å²) in [6.07, 6.45) is 1.30. The Balaban J connectivity index is 3.05. The van der Waals surface area contributed by atoms with E-state index in [2.05, 4.69) is 9.24 Å². The molecule has 0 N–H and O–H groups in total. The average molecular weight is 193 g/mol. The third kappa shape index (κ3) is 2.38. The Morgan fingerprint density at radius 3 is 2.31 bits per heavy atom. The highest BCUT2D eigenvalue weighted by Crippen LogP contribution is 2.15. The molecule has 0 radical (unpaired) electrons. The van der Waals surface area contributed by atoms with Gasteiger partial charge in [0.15, 0.2) is 5.78 Å². The second kappa shape index (κ2) is 4.53. The summed E-state index contributed by atoms with van der Waals surface area (Å²) in [5, 5.41) is 0. The molecule has 0 atom stereocenters. The van der Waals surface area contributed by atoms with Crippen LogP contribution in [-0.4, -0.2) is 11.9 Å². The van der Waals surface area contributed by atoms with E-state index in [0.717, 1.165) is 22.9 Å². The van der Waals surface area contributed by atoms with E-state index >= 15 is 0 Å². The zero-order chi connectivity index (χ0) is 9.84. The van der Waals surface area contributed by atoms with Crippen molar-refractivity contribution in [1.82, 2.24) is 0 Å². The highest BCUT2D eigenvalue weighted by atomic mass is 31.0. The predicted octanol–water partition coefficient (Wildman–Crippen LogP) is 3.02. The van der Waals surface area contributed by atoms with Crippen LogP contribution in [0.3, 0.4) is 0 Å². The molecule has 0 aliphatic rings. The van der Waals surface area contributed by atoms with Gasteiger partial charge in [-0.1, -0.05) is 18.2 Å². The Hall–Kier alpha value is -0.680. The molecule has 2 heteroatoms. The van der Waals surface area contributed by atoms with Crippen molar-refractivity contribution < 1.29 is 4.79 Å². The maximum Gasteiger partial charge on any atom is 0.161 e. The van der Waals surface area contributed by atoms with Crippen LogP contribution in [-0.2, 0) is 0 Å². The standard InChI is InChI=1S/C11H14OP/c1-8-4-3-5-9(2)11(8)10(12)6-7-13/h3-5,13H,6-7H2,1-2H3/q-1. The number of aryl methyl sites for hydroxylation is 2. The van der Waals surface area contributed by atoms with Gasteiger partial charge in [0.25, 0.3) is 0 Å². The number of carbonyl (C=O) groups is 1. The molecule has 0 unspecified atom stereocenters. The van der Waals surface area contributed by atoms with Crippen LogP contribution in [0.2, 0.25) is 0 Å². The number of hydrogen-bond acceptors (Lipinski definition) is 1. The van der Waals surface area contributed by atoms with Crippen LogP contribution in [0.25, 0.3) is 0 Å². The van der Waals surface area contributed by atoms with Gasteiger partial charge >= 0.3 is 0 Å². The number of ketones is 1. The lowest BCUT2D eigenvalue weighted by Gasteiger charge is -2.08. The summed E-state index contributed by atoms with van der Waals surface area (Å²) in [6.45, 7) is 3.96. The van der Waals surface area contributed by atoms with Crippen LogP contribution >= 0.6 is 9.24 Å². The first-order valence-corrected chi connectivity index (χ1v) is 5.11. The minimum atomic E-state index is 0.227. The SMILES string of the molecule is Cc1cccc(C)c1C(=O)CC[PH-]. The predicted molar refractivity (Wildman–Crippen MR) is 58.0 cm³/mol. The largest absolute Gasteiger partial charge is 0.558 e. The highest BCUT2D eigenvalue weighted by Gasteiger charge is 2.08. The van der Waals surface area contributed by atoms with Crippen molar-refractivity contribution in [3.63, 3.8) is 0 Å². The van der Waals surface area contributed by atoms with Gasteiger partial charge in [-0.05, 0) is 31.4 Å². The van der Waals surface area contributed by atoms with Gasteiger partial charge in [-0.15, -0.1) is 0 Å². The quantitative estimate of drug-likeness (QED) is 0.532. The highest BCUT2D eigenvalue weighted by molar-refractivity contribution is 7.16.